The summed E-state index contributed by atoms with van der Waals surface area (Å²) in [4.78, 5) is 29.5. The van der Waals surface area contributed by atoms with Gasteiger partial charge in [0.05, 0.1) is 28.3 Å². The van der Waals surface area contributed by atoms with Gasteiger partial charge in [0.25, 0.3) is 5.91 Å². The van der Waals surface area contributed by atoms with Gasteiger partial charge < -0.3 is 15.6 Å². The van der Waals surface area contributed by atoms with Crippen molar-refractivity contribution in [1.82, 2.24) is 15.6 Å². The molecule has 0 aliphatic rings. The van der Waals surface area contributed by atoms with Gasteiger partial charge >= 0.3 is 0 Å². The Morgan fingerprint density at radius 1 is 1.00 bits per heavy atom. The highest BCUT2D eigenvalue weighted by molar-refractivity contribution is 6.33. The summed E-state index contributed by atoms with van der Waals surface area (Å²) in [5.41, 5.74) is 3.59. The highest BCUT2D eigenvalue weighted by Gasteiger charge is 2.25. The Morgan fingerprint density at radius 2 is 1.71 bits per heavy atom. The van der Waals surface area contributed by atoms with Crippen molar-refractivity contribution in [1.29, 1.82) is 5.26 Å². The largest absolute Gasteiger partial charge is 0.361 e. The average molecular weight is 471 g/mol. The molecule has 0 aliphatic carbocycles. The quantitative estimate of drug-likeness (QED) is 0.358. The van der Waals surface area contributed by atoms with Crippen LogP contribution < -0.4 is 10.6 Å². The van der Waals surface area contributed by atoms with E-state index in [1.807, 2.05) is 37.4 Å². The van der Waals surface area contributed by atoms with Crippen LogP contribution in [0, 0.1) is 11.3 Å². The molecular weight excluding hydrogens is 448 g/mol. The maximum absolute atomic E-state index is 13.3. The fraction of sp³-hybridized carbons (Fsp3) is 0.148. The van der Waals surface area contributed by atoms with E-state index in [1.165, 1.54) is 0 Å². The number of amides is 2. The average Bonchev–Trinajstić information content (AvgIpc) is 3.26. The third-order valence-electron chi connectivity index (χ3n) is 5.74. The van der Waals surface area contributed by atoms with Gasteiger partial charge in [0.2, 0.25) is 5.91 Å². The first-order valence-electron chi connectivity index (χ1n) is 10.9. The number of carbonyl (C=O) groups is 2. The van der Waals surface area contributed by atoms with E-state index in [2.05, 4.69) is 21.7 Å². The highest BCUT2D eigenvalue weighted by Crippen LogP contribution is 2.21. The molecule has 170 valence electrons. The molecule has 34 heavy (non-hydrogen) atoms. The molecule has 4 rings (SSSR count). The van der Waals surface area contributed by atoms with E-state index in [9.17, 15) is 9.59 Å². The summed E-state index contributed by atoms with van der Waals surface area (Å²) < 4.78 is 0. The number of nitriles is 1. The van der Waals surface area contributed by atoms with Gasteiger partial charge in [-0.05, 0) is 48.4 Å². The Kier molecular flexibility index (Phi) is 6.95. The number of rotatable bonds is 7. The zero-order chi connectivity index (χ0) is 24.1. The minimum Gasteiger partial charge on any atom is -0.361 e. The van der Waals surface area contributed by atoms with Crippen molar-refractivity contribution in [2.24, 2.45) is 0 Å². The predicted molar refractivity (Wildman–Crippen MR) is 132 cm³/mol. The van der Waals surface area contributed by atoms with E-state index in [4.69, 9.17) is 16.9 Å². The minimum absolute atomic E-state index is 0.298. The van der Waals surface area contributed by atoms with Crippen LogP contribution in [-0.4, -0.2) is 22.8 Å². The smallest absolute Gasteiger partial charge is 0.253 e. The molecule has 0 bridgehead atoms. The number of aromatic nitrogens is 1. The van der Waals surface area contributed by atoms with Crippen molar-refractivity contribution in [2.75, 3.05) is 0 Å². The lowest BCUT2D eigenvalue weighted by molar-refractivity contribution is -0.123. The molecular formula is C27H23ClN4O2. The number of aromatic amines is 1. The standard InChI is InChI=1S/C27H23ClN4O2/c1-17(19-12-10-18(15-29)11-13-19)31-27(34)25(32-26(33)22-7-2-4-8-23(22)28)14-20-16-30-24-9-5-3-6-21(20)24/h2-13,16-17,25,30H,14H2,1H3,(H,31,34)(H,32,33). The maximum atomic E-state index is 13.3. The van der Waals surface area contributed by atoms with Crippen molar-refractivity contribution >= 4 is 34.3 Å². The molecule has 1 aromatic heterocycles. The number of carbonyl (C=O) groups excluding carboxylic acids is 2. The number of halogens is 1. The van der Waals surface area contributed by atoms with Gasteiger partial charge in [-0.3, -0.25) is 9.59 Å². The first kappa shape index (κ1) is 23.1. The molecule has 0 fully saturated rings. The normalized spacial score (nSPS) is 12.5. The predicted octanol–water partition coefficient (Wildman–Crippen LogP) is 4.91. The Balaban J connectivity index is 1.58. The van der Waals surface area contributed by atoms with Crippen molar-refractivity contribution in [2.45, 2.75) is 25.4 Å². The second kappa shape index (κ2) is 10.2. The van der Waals surface area contributed by atoms with Crippen LogP contribution in [0.25, 0.3) is 10.9 Å². The lowest BCUT2D eigenvalue weighted by Gasteiger charge is -2.22. The molecule has 3 N–H and O–H groups in total. The molecule has 0 saturated carbocycles. The number of nitrogens with zero attached hydrogens (tertiary/aromatic N) is 1. The molecule has 3 aromatic carbocycles. The summed E-state index contributed by atoms with van der Waals surface area (Å²) in [6, 6.07) is 22.5. The molecule has 1 heterocycles. The molecule has 7 heteroatoms. The van der Waals surface area contributed by atoms with Crippen molar-refractivity contribution in [3.8, 4) is 6.07 Å². The molecule has 0 spiro atoms. The summed E-state index contributed by atoms with van der Waals surface area (Å²) in [6.45, 7) is 1.86. The zero-order valence-corrected chi connectivity index (χ0v) is 19.3. The Hall–Kier alpha value is -4.08. The van der Waals surface area contributed by atoms with Crippen LogP contribution in [0.1, 0.15) is 40.0 Å². The number of hydrogen-bond donors (Lipinski definition) is 3. The van der Waals surface area contributed by atoms with E-state index in [-0.39, 0.29) is 11.9 Å². The molecule has 0 saturated heterocycles. The number of nitrogens with one attached hydrogen (secondary N) is 3. The number of fused-ring (bicyclic) bond motifs is 1. The summed E-state index contributed by atoms with van der Waals surface area (Å²) in [7, 11) is 0. The van der Waals surface area contributed by atoms with Gasteiger partial charge in [-0.25, -0.2) is 0 Å². The van der Waals surface area contributed by atoms with E-state index in [1.54, 1.807) is 48.5 Å². The summed E-state index contributed by atoms with van der Waals surface area (Å²) in [5.74, 6) is -0.737. The first-order chi connectivity index (χ1) is 16.5. The van der Waals surface area contributed by atoms with Crippen LogP contribution in [-0.2, 0) is 11.2 Å². The fourth-order valence-corrected chi connectivity index (χ4v) is 4.08. The number of benzene rings is 3. The second-order valence-corrected chi connectivity index (χ2v) is 8.44. The van der Waals surface area contributed by atoms with E-state index >= 15 is 0 Å². The number of H-pyrrole nitrogens is 1. The lowest BCUT2D eigenvalue weighted by Crippen LogP contribution is -2.48. The summed E-state index contributed by atoms with van der Waals surface area (Å²) in [5, 5.41) is 16.2. The van der Waals surface area contributed by atoms with Crippen molar-refractivity contribution in [3.63, 3.8) is 0 Å². The molecule has 6 nitrogen and oxygen atoms in total. The molecule has 2 atom stereocenters. The first-order valence-corrected chi connectivity index (χ1v) is 11.2. The molecule has 0 aliphatic heterocycles. The fourth-order valence-electron chi connectivity index (χ4n) is 3.85. The molecule has 4 aromatic rings. The Labute approximate surface area is 202 Å². The summed E-state index contributed by atoms with van der Waals surface area (Å²) >= 11 is 6.20. The van der Waals surface area contributed by atoms with E-state index in [0.29, 0.717) is 22.6 Å². The van der Waals surface area contributed by atoms with Gasteiger partial charge in [-0.1, -0.05) is 54.1 Å². The number of para-hydroxylation sites is 1. The third kappa shape index (κ3) is 5.11. The van der Waals surface area contributed by atoms with Gasteiger partial charge in [0.1, 0.15) is 6.04 Å². The SMILES string of the molecule is CC(NC(=O)C(Cc1c[nH]c2ccccc12)NC(=O)c1ccccc1Cl)c1ccc(C#N)cc1. The number of hydrogen-bond acceptors (Lipinski definition) is 3. The van der Waals surface area contributed by atoms with E-state index in [0.717, 1.165) is 22.0 Å². The van der Waals surface area contributed by atoms with Crippen molar-refractivity contribution < 1.29 is 9.59 Å². The summed E-state index contributed by atoms with van der Waals surface area (Å²) in [6.07, 6.45) is 2.16. The highest BCUT2D eigenvalue weighted by atomic mass is 35.5. The van der Waals surface area contributed by atoms with Gasteiger partial charge in [0, 0.05) is 23.5 Å². The minimum atomic E-state index is -0.830. The monoisotopic (exact) mass is 470 g/mol. The zero-order valence-electron chi connectivity index (χ0n) is 18.5. The van der Waals surface area contributed by atoms with Gasteiger partial charge in [-0.2, -0.15) is 5.26 Å². The van der Waals surface area contributed by atoms with Gasteiger partial charge in [-0.15, -0.1) is 0 Å². The van der Waals surface area contributed by atoms with Crippen molar-refractivity contribution in [3.05, 3.63) is 106 Å². The van der Waals surface area contributed by atoms with Crippen LogP contribution in [0.2, 0.25) is 5.02 Å². The van der Waals surface area contributed by atoms with Crippen LogP contribution >= 0.6 is 11.6 Å². The van der Waals surface area contributed by atoms with E-state index < -0.39 is 11.9 Å². The van der Waals surface area contributed by atoms with Crippen LogP contribution in [0.4, 0.5) is 0 Å². The van der Waals surface area contributed by atoms with Crippen LogP contribution in [0.3, 0.4) is 0 Å². The van der Waals surface area contributed by atoms with Crippen LogP contribution in [0.15, 0.2) is 79.0 Å². The van der Waals surface area contributed by atoms with Gasteiger partial charge in [0.15, 0.2) is 0 Å². The topological polar surface area (TPSA) is 97.8 Å². The third-order valence-corrected chi connectivity index (χ3v) is 6.07. The lowest BCUT2D eigenvalue weighted by atomic mass is 10.0. The molecule has 2 unspecified atom stereocenters. The molecule has 2 amide bonds. The Morgan fingerprint density at radius 3 is 2.44 bits per heavy atom. The second-order valence-electron chi connectivity index (χ2n) is 8.03. The van der Waals surface area contributed by atoms with Crippen LogP contribution in [0.5, 0.6) is 0 Å². The maximum Gasteiger partial charge on any atom is 0.253 e. The Bertz CT molecular complexity index is 1370. The molecule has 0 radical (unpaired) electrons.